The monoisotopic (exact) mass is 333 g/mol. The van der Waals surface area contributed by atoms with Crippen LogP contribution in [0.4, 0.5) is 0 Å². The second-order valence-electron chi connectivity index (χ2n) is 5.14. The number of aryl methyl sites for hydroxylation is 1. The fraction of sp³-hybridized carbons (Fsp3) is 0.389. The first-order valence-electron chi connectivity index (χ1n) is 7.78. The number of ether oxygens (including phenoxy) is 3. The van der Waals surface area contributed by atoms with E-state index in [0.29, 0.717) is 36.0 Å². The van der Waals surface area contributed by atoms with Gasteiger partial charge in [0.2, 0.25) is 0 Å². The standard InChI is InChI=1S/C18H23NO5/c1-5-12-6-7-15(24-12)18(20)19-9-8-14-16(22-3)10-13(21-2)11-17(14)23-4/h6-7,10-11H,5,8-9H2,1-4H3,(H,19,20). The Morgan fingerprint density at radius 1 is 1.08 bits per heavy atom. The van der Waals surface area contributed by atoms with Gasteiger partial charge in [0.1, 0.15) is 23.0 Å². The maximum absolute atomic E-state index is 12.1. The molecule has 0 aliphatic carbocycles. The zero-order chi connectivity index (χ0) is 17.5. The molecule has 0 saturated heterocycles. The van der Waals surface area contributed by atoms with Gasteiger partial charge in [-0.15, -0.1) is 0 Å². The van der Waals surface area contributed by atoms with E-state index in [2.05, 4.69) is 5.32 Å². The Kier molecular flexibility index (Phi) is 6.12. The van der Waals surface area contributed by atoms with Crippen LogP contribution in [0, 0.1) is 0 Å². The molecular weight excluding hydrogens is 310 g/mol. The average Bonchev–Trinajstić information content (AvgIpc) is 3.10. The Balaban J connectivity index is 2.04. The Hall–Kier alpha value is -2.63. The topological polar surface area (TPSA) is 69.9 Å². The van der Waals surface area contributed by atoms with E-state index in [1.165, 1.54) is 0 Å². The van der Waals surface area contributed by atoms with Gasteiger partial charge in [-0.05, 0) is 18.6 Å². The molecule has 1 N–H and O–H groups in total. The molecule has 0 fully saturated rings. The molecule has 1 heterocycles. The predicted octanol–water partition coefficient (Wildman–Crippen LogP) is 2.84. The van der Waals surface area contributed by atoms with Crippen molar-refractivity contribution < 1.29 is 23.4 Å². The molecule has 6 heteroatoms. The molecule has 0 bridgehead atoms. The summed E-state index contributed by atoms with van der Waals surface area (Å²) in [7, 11) is 4.76. The van der Waals surface area contributed by atoms with Gasteiger partial charge in [0.15, 0.2) is 5.76 Å². The molecule has 0 radical (unpaired) electrons. The van der Waals surface area contributed by atoms with Crippen molar-refractivity contribution in [2.45, 2.75) is 19.8 Å². The van der Waals surface area contributed by atoms with Gasteiger partial charge < -0.3 is 23.9 Å². The van der Waals surface area contributed by atoms with Crippen molar-refractivity contribution in [2.24, 2.45) is 0 Å². The van der Waals surface area contributed by atoms with Gasteiger partial charge in [0, 0.05) is 30.7 Å². The summed E-state index contributed by atoms with van der Waals surface area (Å²) in [6, 6.07) is 7.08. The molecule has 0 aliphatic heterocycles. The number of carbonyl (C=O) groups excluding carboxylic acids is 1. The number of nitrogens with one attached hydrogen (secondary N) is 1. The van der Waals surface area contributed by atoms with E-state index in [4.69, 9.17) is 18.6 Å². The number of benzene rings is 1. The van der Waals surface area contributed by atoms with Crippen LogP contribution in [0.25, 0.3) is 0 Å². The first-order chi connectivity index (χ1) is 11.6. The smallest absolute Gasteiger partial charge is 0.287 e. The lowest BCUT2D eigenvalue weighted by molar-refractivity contribution is 0.0924. The van der Waals surface area contributed by atoms with Crippen molar-refractivity contribution in [1.29, 1.82) is 0 Å². The third-order valence-corrected chi connectivity index (χ3v) is 3.71. The zero-order valence-corrected chi connectivity index (χ0v) is 14.5. The summed E-state index contributed by atoms with van der Waals surface area (Å²) in [5.41, 5.74) is 0.870. The van der Waals surface area contributed by atoms with Crippen molar-refractivity contribution >= 4 is 5.91 Å². The van der Waals surface area contributed by atoms with Crippen LogP contribution in [0.1, 0.15) is 28.8 Å². The Labute approximate surface area is 141 Å². The van der Waals surface area contributed by atoms with Crippen molar-refractivity contribution in [3.63, 3.8) is 0 Å². The van der Waals surface area contributed by atoms with Crippen LogP contribution in [0.3, 0.4) is 0 Å². The van der Waals surface area contributed by atoms with E-state index in [1.807, 2.05) is 13.0 Å². The fourth-order valence-corrected chi connectivity index (χ4v) is 2.40. The van der Waals surface area contributed by atoms with Crippen LogP contribution in [0.2, 0.25) is 0 Å². The normalized spacial score (nSPS) is 10.3. The maximum atomic E-state index is 12.1. The van der Waals surface area contributed by atoms with E-state index < -0.39 is 0 Å². The highest BCUT2D eigenvalue weighted by Crippen LogP contribution is 2.34. The number of hydrogen-bond acceptors (Lipinski definition) is 5. The number of carbonyl (C=O) groups is 1. The predicted molar refractivity (Wildman–Crippen MR) is 90.2 cm³/mol. The van der Waals surface area contributed by atoms with Crippen LogP contribution in [0.15, 0.2) is 28.7 Å². The van der Waals surface area contributed by atoms with E-state index in [9.17, 15) is 4.79 Å². The van der Waals surface area contributed by atoms with Crippen LogP contribution < -0.4 is 19.5 Å². The number of rotatable bonds is 8. The minimum atomic E-state index is -0.235. The first-order valence-corrected chi connectivity index (χ1v) is 7.78. The largest absolute Gasteiger partial charge is 0.496 e. The van der Waals surface area contributed by atoms with Gasteiger partial charge in [0.25, 0.3) is 5.91 Å². The Morgan fingerprint density at radius 3 is 2.25 bits per heavy atom. The molecule has 2 rings (SSSR count). The number of amides is 1. The second-order valence-corrected chi connectivity index (χ2v) is 5.14. The van der Waals surface area contributed by atoms with Gasteiger partial charge in [-0.25, -0.2) is 0 Å². The summed E-state index contributed by atoms with van der Waals surface area (Å²) in [5.74, 6) is 2.85. The third kappa shape index (κ3) is 4.01. The summed E-state index contributed by atoms with van der Waals surface area (Å²) in [6.07, 6.45) is 1.32. The molecule has 1 aromatic heterocycles. The van der Waals surface area contributed by atoms with E-state index in [1.54, 1.807) is 39.5 Å². The van der Waals surface area contributed by atoms with Crippen LogP contribution in [-0.4, -0.2) is 33.8 Å². The number of hydrogen-bond donors (Lipinski definition) is 1. The molecule has 0 aliphatic rings. The Bertz CT molecular complexity index is 667. The summed E-state index contributed by atoms with van der Waals surface area (Å²) < 4.78 is 21.5. The average molecular weight is 333 g/mol. The van der Waals surface area contributed by atoms with Gasteiger partial charge in [-0.1, -0.05) is 6.92 Å². The van der Waals surface area contributed by atoms with Gasteiger partial charge in [0.05, 0.1) is 21.3 Å². The van der Waals surface area contributed by atoms with Crippen molar-refractivity contribution in [1.82, 2.24) is 5.32 Å². The summed E-state index contributed by atoms with van der Waals surface area (Å²) in [5, 5.41) is 2.84. The third-order valence-electron chi connectivity index (χ3n) is 3.71. The SMILES string of the molecule is CCc1ccc(C(=O)NCCc2c(OC)cc(OC)cc2OC)o1. The fourth-order valence-electron chi connectivity index (χ4n) is 2.40. The highest BCUT2D eigenvalue weighted by Gasteiger charge is 2.15. The van der Waals surface area contributed by atoms with Crippen molar-refractivity contribution in [3.05, 3.63) is 41.3 Å². The lowest BCUT2D eigenvalue weighted by atomic mass is 10.1. The molecule has 130 valence electrons. The molecule has 0 spiro atoms. The first kappa shape index (κ1) is 17.7. The molecule has 0 unspecified atom stereocenters. The van der Waals surface area contributed by atoms with E-state index >= 15 is 0 Å². The van der Waals surface area contributed by atoms with Gasteiger partial charge >= 0.3 is 0 Å². The zero-order valence-electron chi connectivity index (χ0n) is 14.5. The molecule has 1 amide bonds. The van der Waals surface area contributed by atoms with Crippen molar-refractivity contribution in [2.75, 3.05) is 27.9 Å². The highest BCUT2D eigenvalue weighted by atomic mass is 16.5. The van der Waals surface area contributed by atoms with Gasteiger partial charge in [-0.2, -0.15) is 0 Å². The van der Waals surface area contributed by atoms with Crippen molar-refractivity contribution in [3.8, 4) is 17.2 Å². The van der Waals surface area contributed by atoms with Crippen LogP contribution in [-0.2, 0) is 12.8 Å². The molecule has 1 aromatic carbocycles. The molecule has 0 atom stereocenters. The number of methoxy groups -OCH3 is 3. The van der Waals surface area contributed by atoms with Crippen LogP contribution >= 0.6 is 0 Å². The molecular formula is C18H23NO5. The summed E-state index contributed by atoms with van der Waals surface area (Å²) >= 11 is 0. The lowest BCUT2D eigenvalue weighted by Gasteiger charge is -2.15. The molecule has 0 saturated carbocycles. The lowest BCUT2D eigenvalue weighted by Crippen LogP contribution is -2.25. The van der Waals surface area contributed by atoms with E-state index in [-0.39, 0.29) is 5.91 Å². The number of furan rings is 1. The van der Waals surface area contributed by atoms with E-state index in [0.717, 1.165) is 17.7 Å². The van der Waals surface area contributed by atoms with Gasteiger partial charge in [-0.3, -0.25) is 4.79 Å². The molecule has 2 aromatic rings. The summed E-state index contributed by atoms with van der Waals surface area (Å²) in [6.45, 7) is 2.41. The Morgan fingerprint density at radius 2 is 1.75 bits per heavy atom. The second kappa shape index (κ2) is 8.29. The van der Waals surface area contributed by atoms with Crippen LogP contribution in [0.5, 0.6) is 17.2 Å². The maximum Gasteiger partial charge on any atom is 0.287 e. The quantitative estimate of drug-likeness (QED) is 0.804. The molecule has 24 heavy (non-hydrogen) atoms. The summed E-state index contributed by atoms with van der Waals surface area (Å²) in [4.78, 5) is 12.1. The molecule has 6 nitrogen and oxygen atoms in total. The minimum absolute atomic E-state index is 0.235. The highest BCUT2D eigenvalue weighted by molar-refractivity contribution is 5.91. The minimum Gasteiger partial charge on any atom is -0.496 e.